The standard InChI is InChI=1S/C12H8F4N2O2/c1-6-9(13)11(19)18-10(17-6)7-2-4-8(5-3-7)20-12(14,15)16/h2-5H,1H3,(H,17,18,19). The van der Waals surface area contributed by atoms with E-state index < -0.39 is 23.5 Å². The number of rotatable bonds is 2. The first kappa shape index (κ1) is 14.0. The molecule has 0 aliphatic rings. The second-order valence-corrected chi connectivity index (χ2v) is 3.89. The monoisotopic (exact) mass is 288 g/mol. The lowest BCUT2D eigenvalue weighted by atomic mass is 10.2. The zero-order chi connectivity index (χ0) is 14.9. The SMILES string of the molecule is Cc1nc(-c2ccc(OC(F)(F)F)cc2)[nH]c(=O)c1F. The highest BCUT2D eigenvalue weighted by molar-refractivity contribution is 5.56. The Morgan fingerprint density at radius 1 is 1.20 bits per heavy atom. The van der Waals surface area contributed by atoms with E-state index >= 15 is 0 Å². The molecule has 4 nitrogen and oxygen atoms in total. The van der Waals surface area contributed by atoms with Crippen LogP contribution in [0, 0.1) is 12.7 Å². The fraction of sp³-hybridized carbons (Fsp3) is 0.167. The van der Waals surface area contributed by atoms with Crippen molar-refractivity contribution < 1.29 is 22.3 Å². The zero-order valence-corrected chi connectivity index (χ0v) is 10.1. The van der Waals surface area contributed by atoms with Gasteiger partial charge in [0.1, 0.15) is 11.6 Å². The lowest BCUT2D eigenvalue weighted by molar-refractivity contribution is -0.274. The quantitative estimate of drug-likeness (QED) is 0.864. The molecular formula is C12H8F4N2O2. The molecule has 0 aliphatic carbocycles. The number of hydrogen-bond donors (Lipinski definition) is 1. The van der Waals surface area contributed by atoms with E-state index in [0.717, 1.165) is 12.1 Å². The molecule has 0 spiro atoms. The summed E-state index contributed by atoms with van der Waals surface area (Å²) in [6.07, 6.45) is -4.78. The molecule has 1 aromatic heterocycles. The Labute approximate surface area is 110 Å². The number of halogens is 4. The summed E-state index contributed by atoms with van der Waals surface area (Å²) in [6, 6.07) is 4.69. The van der Waals surface area contributed by atoms with E-state index in [1.165, 1.54) is 19.1 Å². The number of alkyl halides is 3. The van der Waals surface area contributed by atoms with Crippen LogP contribution in [0.2, 0.25) is 0 Å². The fourth-order valence-electron chi connectivity index (χ4n) is 1.52. The summed E-state index contributed by atoms with van der Waals surface area (Å²) in [5, 5.41) is 0. The van der Waals surface area contributed by atoms with Crippen LogP contribution in [-0.2, 0) is 0 Å². The van der Waals surface area contributed by atoms with Gasteiger partial charge in [-0.2, -0.15) is 4.39 Å². The molecule has 2 rings (SSSR count). The topological polar surface area (TPSA) is 55.0 Å². The van der Waals surface area contributed by atoms with Gasteiger partial charge in [-0.3, -0.25) is 4.79 Å². The van der Waals surface area contributed by atoms with Gasteiger partial charge >= 0.3 is 6.36 Å². The Hall–Kier alpha value is -2.38. The number of hydrogen-bond acceptors (Lipinski definition) is 3. The molecule has 2 aromatic rings. The number of nitrogens with one attached hydrogen (secondary N) is 1. The average molecular weight is 288 g/mol. The Bertz CT molecular complexity index is 677. The minimum absolute atomic E-state index is 0.0625. The first-order valence-electron chi connectivity index (χ1n) is 5.39. The van der Waals surface area contributed by atoms with Gasteiger partial charge in [0.2, 0.25) is 5.82 Å². The molecule has 1 N–H and O–H groups in total. The molecular weight excluding hydrogens is 280 g/mol. The van der Waals surface area contributed by atoms with Gasteiger partial charge in [0.15, 0.2) is 0 Å². The highest BCUT2D eigenvalue weighted by atomic mass is 19.4. The molecule has 8 heteroatoms. The lowest BCUT2D eigenvalue weighted by Crippen LogP contribution is -2.17. The Kier molecular flexibility index (Phi) is 3.47. The summed E-state index contributed by atoms with van der Waals surface area (Å²) in [7, 11) is 0. The van der Waals surface area contributed by atoms with Crippen molar-refractivity contribution in [1.29, 1.82) is 0 Å². The number of H-pyrrole nitrogens is 1. The van der Waals surface area contributed by atoms with Crippen LogP contribution in [0.15, 0.2) is 29.1 Å². The van der Waals surface area contributed by atoms with Gasteiger partial charge in [-0.25, -0.2) is 4.98 Å². The van der Waals surface area contributed by atoms with Gasteiger partial charge in [-0.05, 0) is 31.2 Å². The first-order valence-corrected chi connectivity index (χ1v) is 5.39. The molecule has 0 saturated heterocycles. The van der Waals surface area contributed by atoms with E-state index in [2.05, 4.69) is 14.7 Å². The molecule has 0 aliphatic heterocycles. The van der Waals surface area contributed by atoms with E-state index in [0.29, 0.717) is 5.56 Å². The summed E-state index contributed by atoms with van der Waals surface area (Å²) < 4.78 is 52.8. The van der Waals surface area contributed by atoms with Crippen LogP contribution in [0.5, 0.6) is 5.75 Å². The Balaban J connectivity index is 2.33. The molecule has 0 bridgehead atoms. The van der Waals surface area contributed by atoms with Crippen LogP contribution in [0.3, 0.4) is 0 Å². The van der Waals surface area contributed by atoms with Gasteiger partial charge in [-0.15, -0.1) is 13.2 Å². The van der Waals surface area contributed by atoms with Crippen molar-refractivity contribution in [2.24, 2.45) is 0 Å². The van der Waals surface area contributed by atoms with Crippen LogP contribution < -0.4 is 10.3 Å². The maximum Gasteiger partial charge on any atom is 0.573 e. The average Bonchev–Trinajstić information content (AvgIpc) is 2.34. The summed E-state index contributed by atoms with van der Waals surface area (Å²) in [5.41, 5.74) is -0.706. The molecule has 106 valence electrons. The summed E-state index contributed by atoms with van der Waals surface area (Å²) in [6.45, 7) is 1.31. The van der Waals surface area contributed by atoms with E-state index in [1.54, 1.807) is 0 Å². The molecule has 0 radical (unpaired) electrons. The van der Waals surface area contributed by atoms with Crippen LogP contribution in [0.1, 0.15) is 5.69 Å². The highest BCUT2D eigenvalue weighted by Crippen LogP contribution is 2.24. The Morgan fingerprint density at radius 3 is 2.30 bits per heavy atom. The first-order chi connectivity index (χ1) is 9.26. The molecule has 1 heterocycles. The maximum atomic E-state index is 13.1. The minimum Gasteiger partial charge on any atom is -0.406 e. The number of aryl methyl sites for hydroxylation is 1. The number of aromatic amines is 1. The van der Waals surface area contributed by atoms with Crippen LogP contribution in [0.25, 0.3) is 11.4 Å². The maximum absolute atomic E-state index is 13.1. The summed E-state index contributed by atoms with van der Waals surface area (Å²) >= 11 is 0. The molecule has 0 atom stereocenters. The van der Waals surface area contributed by atoms with E-state index in [4.69, 9.17) is 0 Å². The molecule has 1 aromatic carbocycles. The van der Waals surface area contributed by atoms with Crippen LogP contribution in [0.4, 0.5) is 17.6 Å². The molecule has 0 amide bonds. The van der Waals surface area contributed by atoms with Gasteiger partial charge in [0, 0.05) is 5.56 Å². The van der Waals surface area contributed by atoms with Crippen molar-refractivity contribution in [1.82, 2.24) is 9.97 Å². The van der Waals surface area contributed by atoms with Gasteiger partial charge in [-0.1, -0.05) is 0 Å². The normalized spacial score (nSPS) is 11.4. The van der Waals surface area contributed by atoms with Crippen molar-refractivity contribution in [3.05, 3.63) is 46.1 Å². The van der Waals surface area contributed by atoms with Crippen molar-refractivity contribution in [3.63, 3.8) is 0 Å². The molecule has 0 fully saturated rings. The van der Waals surface area contributed by atoms with Gasteiger partial charge < -0.3 is 9.72 Å². The van der Waals surface area contributed by atoms with Gasteiger partial charge in [0.05, 0.1) is 5.69 Å². The van der Waals surface area contributed by atoms with E-state index in [9.17, 15) is 22.4 Å². The second kappa shape index (κ2) is 4.95. The number of aromatic nitrogens is 2. The minimum atomic E-state index is -4.78. The predicted octanol–water partition coefficient (Wildman–Crippen LogP) is 2.78. The third kappa shape index (κ3) is 3.14. The van der Waals surface area contributed by atoms with Crippen molar-refractivity contribution >= 4 is 0 Å². The molecule has 20 heavy (non-hydrogen) atoms. The summed E-state index contributed by atoms with van der Waals surface area (Å²) in [4.78, 5) is 17.3. The van der Waals surface area contributed by atoms with Crippen LogP contribution >= 0.6 is 0 Å². The third-order valence-electron chi connectivity index (χ3n) is 2.39. The summed E-state index contributed by atoms with van der Waals surface area (Å²) in [5.74, 6) is -1.33. The molecule has 0 saturated carbocycles. The predicted molar refractivity (Wildman–Crippen MR) is 61.7 cm³/mol. The number of benzene rings is 1. The van der Waals surface area contributed by atoms with E-state index in [-0.39, 0.29) is 11.5 Å². The fourth-order valence-corrected chi connectivity index (χ4v) is 1.52. The lowest BCUT2D eigenvalue weighted by Gasteiger charge is -2.09. The molecule has 0 unspecified atom stereocenters. The van der Waals surface area contributed by atoms with Crippen LogP contribution in [-0.4, -0.2) is 16.3 Å². The Morgan fingerprint density at radius 2 is 1.80 bits per heavy atom. The van der Waals surface area contributed by atoms with Gasteiger partial charge in [0.25, 0.3) is 5.56 Å². The highest BCUT2D eigenvalue weighted by Gasteiger charge is 2.30. The second-order valence-electron chi connectivity index (χ2n) is 3.89. The number of ether oxygens (including phenoxy) is 1. The van der Waals surface area contributed by atoms with Crippen molar-refractivity contribution in [2.45, 2.75) is 13.3 Å². The van der Waals surface area contributed by atoms with E-state index in [1.807, 2.05) is 0 Å². The van der Waals surface area contributed by atoms with Crippen molar-refractivity contribution in [3.8, 4) is 17.1 Å². The largest absolute Gasteiger partial charge is 0.573 e. The van der Waals surface area contributed by atoms with Crippen molar-refractivity contribution in [2.75, 3.05) is 0 Å². The third-order valence-corrected chi connectivity index (χ3v) is 2.39. The zero-order valence-electron chi connectivity index (χ0n) is 10.1. The number of nitrogens with zero attached hydrogens (tertiary/aromatic N) is 1. The smallest absolute Gasteiger partial charge is 0.406 e.